The molecule has 1 aliphatic rings. The van der Waals surface area contributed by atoms with Crippen molar-refractivity contribution in [2.45, 2.75) is 31.7 Å². The molecule has 1 amide bonds. The Hall–Kier alpha value is -2.56. The van der Waals surface area contributed by atoms with Gasteiger partial charge in [0.1, 0.15) is 5.82 Å². The minimum atomic E-state index is -0.377. The third-order valence-corrected chi connectivity index (χ3v) is 4.33. The van der Waals surface area contributed by atoms with Gasteiger partial charge in [-0.3, -0.25) is 14.6 Å². The van der Waals surface area contributed by atoms with Crippen LogP contribution in [0.3, 0.4) is 0 Å². The number of hydrogen-bond donors (Lipinski definition) is 0. The van der Waals surface area contributed by atoms with E-state index in [1.807, 2.05) is 23.1 Å². The van der Waals surface area contributed by atoms with E-state index in [4.69, 9.17) is 0 Å². The number of hydrogen-bond acceptors (Lipinski definition) is 3. The number of aromatic nitrogens is 1. The Balaban J connectivity index is 1.60. The molecule has 2 aromatic rings. The van der Waals surface area contributed by atoms with Crippen molar-refractivity contribution in [3.05, 3.63) is 65.7 Å². The molecule has 24 heavy (non-hydrogen) atoms. The predicted octanol–water partition coefficient (Wildman–Crippen LogP) is 3.55. The molecule has 1 aliphatic heterocycles. The quantitative estimate of drug-likeness (QED) is 0.790. The first-order valence-corrected chi connectivity index (χ1v) is 8.14. The summed E-state index contributed by atoms with van der Waals surface area (Å²) in [4.78, 5) is 30.8. The summed E-state index contributed by atoms with van der Waals surface area (Å²) in [5.41, 5.74) is 1.33. The molecule has 1 saturated heterocycles. The van der Waals surface area contributed by atoms with Crippen LogP contribution in [0.2, 0.25) is 0 Å². The Morgan fingerprint density at radius 1 is 1.12 bits per heavy atom. The lowest BCUT2D eigenvalue weighted by Gasteiger charge is -2.24. The Bertz CT molecular complexity index is 716. The molecule has 1 aromatic carbocycles. The molecule has 124 valence electrons. The van der Waals surface area contributed by atoms with Crippen molar-refractivity contribution < 1.29 is 14.0 Å². The van der Waals surface area contributed by atoms with E-state index < -0.39 is 0 Å². The van der Waals surface area contributed by atoms with Gasteiger partial charge in [-0.15, -0.1) is 0 Å². The highest BCUT2D eigenvalue weighted by Crippen LogP contribution is 2.31. The number of likely N-dealkylation sites (tertiary alicyclic amines) is 1. The zero-order chi connectivity index (χ0) is 16.9. The molecule has 0 bridgehead atoms. The van der Waals surface area contributed by atoms with Gasteiger partial charge in [-0.1, -0.05) is 6.07 Å². The van der Waals surface area contributed by atoms with Crippen LogP contribution >= 0.6 is 0 Å². The van der Waals surface area contributed by atoms with E-state index in [1.54, 1.807) is 6.20 Å². The maximum absolute atomic E-state index is 12.9. The van der Waals surface area contributed by atoms with Gasteiger partial charge in [-0.05, 0) is 49.2 Å². The lowest BCUT2D eigenvalue weighted by atomic mass is 10.1. The first-order chi connectivity index (χ1) is 11.6. The molecular formula is C19H19FN2O2. The van der Waals surface area contributed by atoms with Crippen LogP contribution < -0.4 is 0 Å². The summed E-state index contributed by atoms with van der Waals surface area (Å²) < 4.78 is 12.9. The second-order valence-corrected chi connectivity index (χ2v) is 5.93. The van der Waals surface area contributed by atoms with Gasteiger partial charge in [-0.25, -0.2) is 4.39 Å². The van der Waals surface area contributed by atoms with E-state index in [1.165, 1.54) is 24.3 Å². The lowest BCUT2D eigenvalue weighted by Crippen LogP contribution is -2.31. The van der Waals surface area contributed by atoms with Crippen LogP contribution in [0.25, 0.3) is 0 Å². The summed E-state index contributed by atoms with van der Waals surface area (Å²) in [5, 5.41) is 0. The molecule has 1 atom stereocenters. The highest BCUT2D eigenvalue weighted by Gasteiger charge is 2.30. The van der Waals surface area contributed by atoms with Gasteiger partial charge in [0.2, 0.25) is 5.91 Å². The molecule has 1 unspecified atom stereocenters. The number of nitrogens with zero attached hydrogens (tertiary/aromatic N) is 2. The van der Waals surface area contributed by atoms with E-state index in [0.717, 1.165) is 18.5 Å². The number of ketones is 1. The van der Waals surface area contributed by atoms with Crippen molar-refractivity contribution >= 4 is 11.7 Å². The number of carbonyl (C=O) groups is 2. The third kappa shape index (κ3) is 3.67. The summed E-state index contributed by atoms with van der Waals surface area (Å²) in [6.07, 6.45) is 3.87. The largest absolute Gasteiger partial charge is 0.334 e. The average Bonchev–Trinajstić information content (AvgIpc) is 3.10. The molecule has 0 saturated carbocycles. The predicted molar refractivity (Wildman–Crippen MR) is 87.9 cm³/mol. The molecule has 0 spiro atoms. The molecule has 0 aliphatic carbocycles. The maximum Gasteiger partial charge on any atom is 0.223 e. The molecule has 1 aromatic heterocycles. The first-order valence-electron chi connectivity index (χ1n) is 8.14. The number of carbonyl (C=O) groups excluding carboxylic acids is 2. The van der Waals surface area contributed by atoms with E-state index in [-0.39, 0.29) is 36.4 Å². The molecule has 0 radical (unpaired) electrons. The number of rotatable bonds is 5. The van der Waals surface area contributed by atoms with Gasteiger partial charge in [0.15, 0.2) is 5.78 Å². The maximum atomic E-state index is 12.9. The molecule has 3 rings (SSSR count). The van der Waals surface area contributed by atoms with Crippen molar-refractivity contribution in [2.75, 3.05) is 6.54 Å². The molecule has 4 nitrogen and oxygen atoms in total. The van der Waals surface area contributed by atoms with Gasteiger partial charge in [0.25, 0.3) is 0 Å². The van der Waals surface area contributed by atoms with E-state index >= 15 is 0 Å². The van der Waals surface area contributed by atoms with Crippen molar-refractivity contribution in [1.82, 2.24) is 9.88 Å². The van der Waals surface area contributed by atoms with Gasteiger partial charge >= 0.3 is 0 Å². The second kappa shape index (κ2) is 7.34. The zero-order valence-corrected chi connectivity index (χ0v) is 13.3. The summed E-state index contributed by atoms with van der Waals surface area (Å²) in [7, 11) is 0. The van der Waals surface area contributed by atoms with Crippen molar-refractivity contribution in [3.8, 4) is 0 Å². The monoisotopic (exact) mass is 326 g/mol. The molecular weight excluding hydrogens is 307 g/mol. The Kier molecular flexibility index (Phi) is 4.99. The van der Waals surface area contributed by atoms with Crippen LogP contribution in [0.5, 0.6) is 0 Å². The summed E-state index contributed by atoms with van der Waals surface area (Å²) in [6, 6.07) is 11.1. The summed E-state index contributed by atoms with van der Waals surface area (Å²) in [5.74, 6) is -0.548. The minimum absolute atomic E-state index is 0.000349. The third-order valence-electron chi connectivity index (χ3n) is 4.33. The average molecular weight is 326 g/mol. The number of pyridine rings is 1. The molecule has 2 heterocycles. The first kappa shape index (κ1) is 16.3. The highest BCUT2D eigenvalue weighted by molar-refractivity contribution is 5.97. The van der Waals surface area contributed by atoms with E-state index in [0.29, 0.717) is 12.1 Å². The number of amides is 1. The van der Waals surface area contributed by atoms with Gasteiger partial charge in [0, 0.05) is 31.1 Å². The zero-order valence-electron chi connectivity index (χ0n) is 13.3. The molecule has 5 heteroatoms. The fraction of sp³-hybridized carbons (Fsp3) is 0.316. The Morgan fingerprint density at radius 3 is 2.62 bits per heavy atom. The smallest absolute Gasteiger partial charge is 0.223 e. The van der Waals surface area contributed by atoms with Gasteiger partial charge in [0.05, 0.1) is 11.7 Å². The summed E-state index contributed by atoms with van der Waals surface area (Å²) >= 11 is 0. The lowest BCUT2D eigenvalue weighted by molar-refractivity contribution is -0.132. The Labute approximate surface area is 140 Å². The normalized spacial score (nSPS) is 17.0. The molecule has 0 N–H and O–H groups in total. The molecule has 1 fully saturated rings. The Morgan fingerprint density at radius 2 is 1.92 bits per heavy atom. The SMILES string of the molecule is O=C(CCC(=O)N1CCCC1c1ccccn1)c1ccc(F)cc1. The second-order valence-electron chi connectivity index (χ2n) is 5.93. The number of Topliss-reactive ketones (excluding diaryl/α,β-unsaturated/α-hetero) is 1. The van der Waals surface area contributed by atoms with E-state index in [2.05, 4.69) is 4.98 Å². The fourth-order valence-corrected chi connectivity index (χ4v) is 3.09. The van der Waals surface area contributed by atoms with Gasteiger partial charge in [-0.2, -0.15) is 0 Å². The van der Waals surface area contributed by atoms with Crippen LogP contribution in [0.4, 0.5) is 4.39 Å². The van der Waals surface area contributed by atoms with E-state index in [9.17, 15) is 14.0 Å². The van der Waals surface area contributed by atoms with Crippen molar-refractivity contribution in [2.24, 2.45) is 0 Å². The van der Waals surface area contributed by atoms with Crippen LogP contribution in [-0.4, -0.2) is 28.1 Å². The highest BCUT2D eigenvalue weighted by atomic mass is 19.1. The van der Waals surface area contributed by atoms with Crippen LogP contribution in [0.15, 0.2) is 48.7 Å². The van der Waals surface area contributed by atoms with Crippen LogP contribution in [0, 0.1) is 5.82 Å². The number of benzene rings is 1. The van der Waals surface area contributed by atoms with Gasteiger partial charge < -0.3 is 4.90 Å². The topological polar surface area (TPSA) is 50.3 Å². The van der Waals surface area contributed by atoms with Crippen molar-refractivity contribution in [1.29, 1.82) is 0 Å². The fourth-order valence-electron chi connectivity index (χ4n) is 3.09. The van der Waals surface area contributed by atoms with Crippen LogP contribution in [-0.2, 0) is 4.79 Å². The minimum Gasteiger partial charge on any atom is -0.334 e. The number of halogens is 1. The standard InChI is InChI=1S/C19H19FN2O2/c20-15-8-6-14(7-9-15)18(23)10-11-19(24)22-13-3-5-17(22)16-4-1-2-12-21-16/h1-2,4,6-9,12,17H,3,5,10-11,13H2. The van der Waals surface area contributed by atoms with Crippen LogP contribution in [0.1, 0.15) is 47.8 Å². The van der Waals surface area contributed by atoms with Crippen molar-refractivity contribution in [3.63, 3.8) is 0 Å². The summed E-state index contributed by atoms with van der Waals surface area (Å²) in [6.45, 7) is 0.699.